The van der Waals surface area contributed by atoms with Crippen molar-refractivity contribution in [3.8, 4) is 0 Å². The van der Waals surface area contributed by atoms with Gasteiger partial charge in [0.2, 0.25) is 0 Å². The molecule has 88 valence electrons. The molecule has 17 heavy (non-hydrogen) atoms. The van der Waals surface area contributed by atoms with Gasteiger partial charge >= 0.3 is 0 Å². The molecule has 2 nitrogen and oxygen atoms in total. The third-order valence-electron chi connectivity index (χ3n) is 2.73. The third-order valence-corrected chi connectivity index (χ3v) is 2.98. The second-order valence-electron chi connectivity index (χ2n) is 3.92. The van der Waals surface area contributed by atoms with Gasteiger partial charge in [0.25, 0.3) is 0 Å². The number of hydrogen-bond donors (Lipinski definition) is 1. The van der Waals surface area contributed by atoms with Crippen molar-refractivity contribution >= 4 is 11.6 Å². The summed E-state index contributed by atoms with van der Waals surface area (Å²) < 4.78 is 0. The Morgan fingerprint density at radius 2 is 1.94 bits per heavy atom. The Bertz CT molecular complexity index is 453. The zero-order valence-corrected chi connectivity index (χ0v) is 10.5. The summed E-state index contributed by atoms with van der Waals surface area (Å²) in [4.78, 5) is 4.42. The standard InChI is InChI=1S/C14H15ClN2/c1-16-10-13(14-4-2-3-9-17-14)11-5-7-12(15)8-6-11/h2-9,13,16H,10H2,1H3. The Labute approximate surface area is 107 Å². The minimum atomic E-state index is 0.262. The van der Waals surface area contributed by atoms with Gasteiger partial charge in [-0.25, -0.2) is 0 Å². The minimum Gasteiger partial charge on any atom is -0.319 e. The van der Waals surface area contributed by atoms with Crippen LogP contribution in [0.4, 0.5) is 0 Å². The van der Waals surface area contributed by atoms with Crippen LogP contribution in [0.25, 0.3) is 0 Å². The van der Waals surface area contributed by atoms with Gasteiger partial charge in [0.05, 0.1) is 0 Å². The average Bonchev–Trinajstić information content (AvgIpc) is 2.38. The normalized spacial score (nSPS) is 12.4. The topological polar surface area (TPSA) is 24.9 Å². The maximum atomic E-state index is 5.91. The van der Waals surface area contributed by atoms with Crippen molar-refractivity contribution in [2.24, 2.45) is 0 Å². The van der Waals surface area contributed by atoms with E-state index >= 15 is 0 Å². The third kappa shape index (κ3) is 3.05. The lowest BCUT2D eigenvalue weighted by Crippen LogP contribution is -2.19. The van der Waals surface area contributed by atoms with E-state index in [2.05, 4.69) is 28.5 Å². The molecule has 0 saturated carbocycles. The van der Waals surface area contributed by atoms with Crippen molar-refractivity contribution in [1.29, 1.82) is 0 Å². The van der Waals surface area contributed by atoms with E-state index in [0.29, 0.717) is 0 Å². The van der Waals surface area contributed by atoms with Crippen LogP contribution in [0.2, 0.25) is 5.02 Å². The van der Waals surface area contributed by atoms with Crippen LogP contribution in [0.1, 0.15) is 17.2 Å². The SMILES string of the molecule is CNCC(c1ccc(Cl)cc1)c1ccccn1. The van der Waals surface area contributed by atoms with Crippen molar-refractivity contribution < 1.29 is 0 Å². The van der Waals surface area contributed by atoms with E-state index < -0.39 is 0 Å². The van der Waals surface area contributed by atoms with E-state index in [-0.39, 0.29) is 5.92 Å². The van der Waals surface area contributed by atoms with E-state index in [4.69, 9.17) is 11.6 Å². The fourth-order valence-corrected chi connectivity index (χ4v) is 2.00. The van der Waals surface area contributed by atoms with Gasteiger partial charge in [-0.1, -0.05) is 29.8 Å². The molecule has 0 spiro atoms. The molecule has 0 amide bonds. The summed E-state index contributed by atoms with van der Waals surface area (Å²) in [5, 5.41) is 3.97. The van der Waals surface area contributed by atoms with E-state index in [1.165, 1.54) is 5.56 Å². The molecular formula is C14H15ClN2. The van der Waals surface area contributed by atoms with Crippen molar-refractivity contribution in [1.82, 2.24) is 10.3 Å². The van der Waals surface area contributed by atoms with Crippen molar-refractivity contribution in [3.63, 3.8) is 0 Å². The number of rotatable bonds is 4. The van der Waals surface area contributed by atoms with Crippen LogP contribution in [-0.2, 0) is 0 Å². The zero-order chi connectivity index (χ0) is 12.1. The number of likely N-dealkylation sites (N-methyl/N-ethyl adjacent to an activating group) is 1. The summed E-state index contributed by atoms with van der Waals surface area (Å²) in [6.07, 6.45) is 1.83. The molecule has 0 saturated heterocycles. The van der Waals surface area contributed by atoms with Crippen LogP contribution < -0.4 is 5.32 Å². The number of halogens is 1. The van der Waals surface area contributed by atoms with Crippen LogP contribution in [0.5, 0.6) is 0 Å². The molecular weight excluding hydrogens is 232 g/mol. The Morgan fingerprint density at radius 1 is 1.18 bits per heavy atom. The molecule has 1 atom stereocenters. The van der Waals surface area contributed by atoms with Gasteiger partial charge in [-0.2, -0.15) is 0 Å². The lowest BCUT2D eigenvalue weighted by atomic mass is 9.95. The van der Waals surface area contributed by atoms with Crippen LogP contribution in [-0.4, -0.2) is 18.6 Å². The number of nitrogens with one attached hydrogen (secondary N) is 1. The molecule has 2 aromatic rings. The van der Waals surface area contributed by atoms with Gasteiger partial charge in [0.1, 0.15) is 0 Å². The average molecular weight is 247 g/mol. The predicted octanol–water partition coefficient (Wildman–Crippen LogP) is 3.09. The predicted molar refractivity (Wildman–Crippen MR) is 71.5 cm³/mol. The molecule has 1 heterocycles. The second-order valence-corrected chi connectivity index (χ2v) is 4.35. The quantitative estimate of drug-likeness (QED) is 0.897. The molecule has 3 heteroatoms. The first-order valence-electron chi connectivity index (χ1n) is 5.62. The molecule has 0 bridgehead atoms. The molecule has 2 rings (SSSR count). The van der Waals surface area contributed by atoms with E-state index in [1.54, 1.807) is 0 Å². The molecule has 0 aliphatic carbocycles. The number of nitrogens with zero attached hydrogens (tertiary/aromatic N) is 1. The molecule has 1 N–H and O–H groups in total. The first-order valence-corrected chi connectivity index (χ1v) is 6.00. The lowest BCUT2D eigenvalue weighted by molar-refractivity contribution is 0.692. The first kappa shape index (κ1) is 12.1. The zero-order valence-electron chi connectivity index (χ0n) is 9.73. The highest BCUT2D eigenvalue weighted by molar-refractivity contribution is 6.30. The summed E-state index contributed by atoms with van der Waals surface area (Å²) in [6.45, 7) is 0.860. The highest BCUT2D eigenvalue weighted by Gasteiger charge is 2.13. The van der Waals surface area contributed by atoms with E-state index in [9.17, 15) is 0 Å². The summed E-state index contributed by atoms with van der Waals surface area (Å²) in [5.41, 5.74) is 2.30. The number of hydrogen-bond acceptors (Lipinski definition) is 2. The van der Waals surface area contributed by atoms with Gasteiger partial charge in [-0.15, -0.1) is 0 Å². The van der Waals surface area contributed by atoms with Crippen molar-refractivity contribution in [3.05, 3.63) is 64.9 Å². The fraction of sp³-hybridized carbons (Fsp3) is 0.214. The van der Waals surface area contributed by atoms with Crippen molar-refractivity contribution in [2.45, 2.75) is 5.92 Å². The maximum Gasteiger partial charge on any atom is 0.0491 e. The summed E-state index contributed by atoms with van der Waals surface area (Å²) in [6, 6.07) is 13.9. The molecule has 0 fully saturated rings. The van der Waals surface area contributed by atoms with Crippen LogP contribution in [0.3, 0.4) is 0 Å². The largest absolute Gasteiger partial charge is 0.319 e. The lowest BCUT2D eigenvalue weighted by Gasteiger charge is -2.16. The summed E-state index contributed by atoms with van der Waals surface area (Å²) in [5.74, 6) is 0.262. The van der Waals surface area contributed by atoms with Gasteiger partial charge < -0.3 is 5.32 Å². The Balaban J connectivity index is 2.32. The van der Waals surface area contributed by atoms with E-state index in [0.717, 1.165) is 17.3 Å². The van der Waals surface area contributed by atoms with Crippen LogP contribution >= 0.6 is 11.6 Å². The van der Waals surface area contributed by atoms with Crippen LogP contribution in [0, 0.1) is 0 Å². The number of pyridine rings is 1. The second kappa shape index (κ2) is 5.80. The summed E-state index contributed by atoms with van der Waals surface area (Å²) in [7, 11) is 1.95. The van der Waals surface area contributed by atoms with E-state index in [1.807, 2.05) is 37.5 Å². The van der Waals surface area contributed by atoms with Crippen molar-refractivity contribution in [2.75, 3.05) is 13.6 Å². The fourth-order valence-electron chi connectivity index (χ4n) is 1.87. The van der Waals surface area contributed by atoms with Gasteiger partial charge in [0, 0.05) is 29.4 Å². The number of benzene rings is 1. The smallest absolute Gasteiger partial charge is 0.0491 e. The Hall–Kier alpha value is -1.38. The highest BCUT2D eigenvalue weighted by Crippen LogP contribution is 2.23. The first-order chi connectivity index (χ1) is 8.31. The monoisotopic (exact) mass is 246 g/mol. The number of aromatic nitrogens is 1. The molecule has 1 aromatic carbocycles. The van der Waals surface area contributed by atoms with Gasteiger partial charge in [0.15, 0.2) is 0 Å². The molecule has 0 aliphatic heterocycles. The highest BCUT2D eigenvalue weighted by atomic mass is 35.5. The Morgan fingerprint density at radius 3 is 2.53 bits per heavy atom. The molecule has 0 aliphatic rings. The Kier molecular flexibility index (Phi) is 4.13. The molecule has 1 unspecified atom stereocenters. The van der Waals surface area contributed by atoms with Crippen LogP contribution in [0.15, 0.2) is 48.7 Å². The molecule has 1 aromatic heterocycles. The van der Waals surface area contributed by atoms with Gasteiger partial charge in [-0.05, 0) is 36.9 Å². The minimum absolute atomic E-state index is 0.262. The van der Waals surface area contributed by atoms with Gasteiger partial charge in [-0.3, -0.25) is 4.98 Å². The maximum absolute atomic E-state index is 5.91. The molecule has 0 radical (unpaired) electrons. The summed E-state index contributed by atoms with van der Waals surface area (Å²) >= 11 is 5.91.